The molecular formula is C14H22ClN3O2. The molecule has 0 radical (unpaired) electrons. The van der Waals surface area contributed by atoms with Gasteiger partial charge in [0.1, 0.15) is 0 Å². The number of benzene rings is 1. The number of carbonyl (C=O) groups is 2. The molecule has 1 atom stereocenters. The van der Waals surface area contributed by atoms with Crippen molar-refractivity contribution in [2.45, 2.75) is 13.5 Å². The quantitative estimate of drug-likeness (QED) is 0.815. The fraction of sp³-hybridized carbons (Fsp3) is 0.429. The van der Waals surface area contributed by atoms with E-state index in [-0.39, 0.29) is 43.2 Å². The zero-order valence-corrected chi connectivity index (χ0v) is 12.7. The van der Waals surface area contributed by atoms with Crippen LogP contribution in [0.1, 0.15) is 12.5 Å². The summed E-state index contributed by atoms with van der Waals surface area (Å²) in [7, 11) is 1.61. The van der Waals surface area contributed by atoms with Gasteiger partial charge in [0, 0.05) is 26.1 Å². The first kappa shape index (κ1) is 18.4. The average Bonchev–Trinajstić information content (AvgIpc) is 2.44. The number of halogens is 1. The van der Waals surface area contributed by atoms with Crippen molar-refractivity contribution in [2.75, 3.05) is 20.1 Å². The first-order chi connectivity index (χ1) is 9.04. The molecule has 6 heteroatoms. The Morgan fingerprint density at radius 1 is 1.30 bits per heavy atom. The molecule has 1 rings (SSSR count). The Balaban J connectivity index is 0.00000361. The summed E-state index contributed by atoms with van der Waals surface area (Å²) in [6, 6.07) is 9.63. The maximum atomic E-state index is 11.7. The molecule has 3 N–H and O–H groups in total. The molecule has 1 aromatic rings. The highest BCUT2D eigenvalue weighted by Gasteiger charge is 2.17. The third kappa shape index (κ3) is 6.04. The second-order valence-corrected chi connectivity index (χ2v) is 4.59. The summed E-state index contributed by atoms with van der Waals surface area (Å²) < 4.78 is 0. The Morgan fingerprint density at radius 3 is 2.45 bits per heavy atom. The second-order valence-electron chi connectivity index (χ2n) is 4.59. The van der Waals surface area contributed by atoms with Crippen LogP contribution in [0.5, 0.6) is 0 Å². The van der Waals surface area contributed by atoms with Crippen LogP contribution in [0, 0.1) is 5.92 Å². The van der Waals surface area contributed by atoms with Gasteiger partial charge in [-0.1, -0.05) is 37.3 Å². The van der Waals surface area contributed by atoms with Gasteiger partial charge in [-0.15, -0.1) is 12.4 Å². The fourth-order valence-electron chi connectivity index (χ4n) is 1.62. The maximum absolute atomic E-state index is 11.7. The third-order valence-corrected chi connectivity index (χ3v) is 2.86. The van der Waals surface area contributed by atoms with Crippen molar-refractivity contribution in [3.63, 3.8) is 0 Å². The van der Waals surface area contributed by atoms with Crippen LogP contribution in [-0.2, 0) is 16.1 Å². The van der Waals surface area contributed by atoms with Crippen LogP contribution in [0.3, 0.4) is 0 Å². The molecule has 2 amide bonds. The Kier molecular flexibility index (Phi) is 8.59. The van der Waals surface area contributed by atoms with Crippen molar-refractivity contribution < 1.29 is 9.59 Å². The van der Waals surface area contributed by atoms with Gasteiger partial charge >= 0.3 is 0 Å². The van der Waals surface area contributed by atoms with Crippen LogP contribution in [0.4, 0.5) is 0 Å². The molecule has 1 aromatic carbocycles. The highest BCUT2D eigenvalue weighted by atomic mass is 35.5. The minimum absolute atomic E-state index is 0. The van der Waals surface area contributed by atoms with Crippen LogP contribution in [0.15, 0.2) is 30.3 Å². The monoisotopic (exact) mass is 299 g/mol. The maximum Gasteiger partial charge on any atom is 0.239 e. The minimum Gasteiger partial charge on any atom is -0.350 e. The van der Waals surface area contributed by atoms with Crippen LogP contribution in [-0.4, -0.2) is 36.9 Å². The number of likely N-dealkylation sites (N-methyl/N-ethyl adjacent to an activating group) is 1. The SMILES string of the molecule is CC(CN)C(=O)N(C)CC(=O)NCc1ccccc1.Cl. The molecule has 0 heterocycles. The summed E-state index contributed by atoms with van der Waals surface area (Å²) in [6.07, 6.45) is 0. The Labute approximate surface area is 125 Å². The molecule has 20 heavy (non-hydrogen) atoms. The minimum atomic E-state index is -0.257. The molecule has 0 fully saturated rings. The van der Waals surface area contributed by atoms with Crippen molar-refractivity contribution in [1.82, 2.24) is 10.2 Å². The third-order valence-electron chi connectivity index (χ3n) is 2.86. The molecular weight excluding hydrogens is 278 g/mol. The predicted octanol–water partition coefficient (Wildman–Crippen LogP) is 0.778. The lowest BCUT2D eigenvalue weighted by molar-refractivity contribution is -0.137. The van der Waals surface area contributed by atoms with Gasteiger partial charge in [0.15, 0.2) is 0 Å². The largest absolute Gasteiger partial charge is 0.350 e. The number of rotatable bonds is 6. The highest BCUT2D eigenvalue weighted by molar-refractivity contribution is 5.86. The second kappa shape index (κ2) is 9.34. The highest BCUT2D eigenvalue weighted by Crippen LogP contribution is 1.99. The number of hydrogen-bond donors (Lipinski definition) is 2. The number of nitrogens with one attached hydrogen (secondary N) is 1. The lowest BCUT2D eigenvalue weighted by Crippen LogP contribution is -2.41. The summed E-state index contributed by atoms with van der Waals surface area (Å²) in [5.41, 5.74) is 6.46. The molecule has 1 unspecified atom stereocenters. The zero-order valence-electron chi connectivity index (χ0n) is 11.8. The van der Waals surface area contributed by atoms with Gasteiger partial charge in [-0.3, -0.25) is 9.59 Å². The van der Waals surface area contributed by atoms with E-state index in [0.29, 0.717) is 6.54 Å². The first-order valence-electron chi connectivity index (χ1n) is 6.30. The van der Waals surface area contributed by atoms with E-state index in [2.05, 4.69) is 5.32 Å². The van der Waals surface area contributed by atoms with E-state index in [1.807, 2.05) is 30.3 Å². The van der Waals surface area contributed by atoms with Gasteiger partial charge < -0.3 is 16.0 Å². The first-order valence-corrected chi connectivity index (χ1v) is 6.30. The molecule has 0 saturated heterocycles. The van der Waals surface area contributed by atoms with Crippen LogP contribution < -0.4 is 11.1 Å². The van der Waals surface area contributed by atoms with Crippen molar-refractivity contribution in [1.29, 1.82) is 0 Å². The van der Waals surface area contributed by atoms with Gasteiger partial charge in [-0.05, 0) is 5.56 Å². The molecule has 0 aliphatic heterocycles. The molecule has 0 aliphatic rings. The van der Waals surface area contributed by atoms with E-state index < -0.39 is 0 Å². The van der Waals surface area contributed by atoms with Gasteiger partial charge in [0.25, 0.3) is 0 Å². The van der Waals surface area contributed by atoms with Crippen molar-refractivity contribution >= 4 is 24.2 Å². The van der Waals surface area contributed by atoms with Gasteiger partial charge in [0.2, 0.25) is 11.8 Å². The summed E-state index contributed by atoms with van der Waals surface area (Å²) in [5.74, 6) is -0.548. The van der Waals surface area contributed by atoms with Gasteiger partial charge in [-0.25, -0.2) is 0 Å². The zero-order chi connectivity index (χ0) is 14.3. The molecule has 0 spiro atoms. The van der Waals surface area contributed by atoms with E-state index in [0.717, 1.165) is 5.56 Å². The lowest BCUT2D eigenvalue weighted by atomic mass is 10.1. The molecule has 0 bridgehead atoms. The topological polar surface area (TPSA) is 75.4 Å². The Morgan fingerprint density at radius 2 is 1.90 bits per heavy atom. The smallest absolute Gasteiger partial charge is 0.239 e. The summed E-state index contributed by atoms with van der Waals surface area (Å²) >= 11 is 0. The van der Waals surface area contributed by atoms with Crippen molar-refractivity contribution in [3.8, 4) is 0 Å². The van der Waals surface area contributed by atoms with Crippen LogP contribution >= 0.6 is 12.4 Å². The number of nitrogens with two attached hydrogens (primary N) is 1. The average molecular weight is 300 g/mol. The Hall–Kier alpha value is -1.59. The summed E-state index contributed by atoms with van der Waals surface area (Å²) in [5, 5.41) is 2.78. The van der Waals surface area contributed by atoms with Gasteiger partial charge in [0.05, 0.1) is 6.54 Å². The standard InChI is InChI=1S/C14H21N3O2.ClH/c1-11(8-15)14(19)17(2)10-13(18)16-9-12-6-4-3-5-7-12;/h3-7,11H,8-10,15H2,1-2H3,(H,16,18);1H. The van der Waals surface area contributed by atoms with Crippen molar-refractivity contribution in [3.05, 3.63) is 35.9 Å². The molecule has 0 aromatic heterocycles. The van der Waals surface area contributed by atoms with Crippen LogP contribution in [0.25, 0.3) is 0 Å². The van der Waals surface area contributed by atoms with Crippen molar-refractivity contribution in [2.24, 2.45) is 11.7 Å². The van der Waals surface area contributed by atoms with Crippen LogP contribution in [0.2, 0.25) is 0 Å². The normalized spacial score (nSPS) is 11.2. The fourth-order valence-corrected chi connectivity index (χ4v) is 1.62. The van der Waals surface area contributed by atoms with E-state index >= 15 is 0 Å². The van der Waals surface area contributed by atoms with E-state index in [9.17, 15) is 9.59 Å². The summed E-state index contributed by atoms with van der Waals surface area (Å²) in [4.78, 5) is 24.9. The van der Waals surface area contributed by atoms with Gasteiger partial charge in [-0.2, -0.15) is 0 Å². The number of nitrogens with zero attached hydrogens (tertiary/aromatic N) is 1. The molecule has 0 aliphatic carbocycles. The number of hydrogen-bond acceptors (Lipinski definition) is 3. The Bertz CT molecular complexity index is 426. The molecule has 112 valence electrons. The molecule has 5 nitrogen and oxygen atoms in total. The summed E-state index contributed by atoms with van der Waals surface area (Å²) in [6.45, 7) is 2.56. The lowest BCUT2D eigenvalue weighted by Gasteiger charge is -2.20. The molecule has 0 saturated carbocycles. The number of carbonyl (C=O) groups excluding carboxylic acids is 2. The van der Waals surface area contributed by atoms with E-state index in [1.54, 1.807) is 14.0 Å². The van der Waals surface area contributed by atoms with E-state index in [4.69, 9.17) is 5.73 Å². The number of amides is 2. The van der Waals surface area contributed by atoms with E-state index in [1.165, 1.54) is 4.90 Å². The predicted molar refractivity (Wildman–Crippen MR) is 81.4 cm³/mol.